The maximum atomic E-state index is 12.2. The highest BCUT2D eigenvalue weighted by Crippen LogP contribution is 2.19. The number of H-pyrrole nitrogens is 1. The number of amides is 1. The summed E-state index contributed by atoms with van der Waals surface area (Å²) in [6, 6.07) is -0.957. The predicted octanol–water partition coefficient (Wildman–Crippen LogP) is -1.22. The standard InChI is InChI=1S/C12H15N5O4/c1-6(18)10(13)11-16-8(2-7-3-14-5-15-7)12(21)17(11)4-9(19)20/h2-3,5-6,10,18H,4,13H2,1H3,(H,14,15)(H,19,20)/b8-2-/t6-,10+/m1/s1. The van der Waals surface area contributed by atoms with Gasteiger partial charge >= 0.3 is 5.97 Å². The number of hydrogen-bond donors (Lipinski definition) is 4. The van der Waals surface area contributed by atoms with Gasteiger partial charge in [0.1, 0.15) is 18.1 Å². The Balaban J connectivity index is 2.37. The smallest absolute Gasteiger partial charge is 0.323 e. The van der Waals surface area contributed by atoms with E-state index in [2.05, 4.69) is 15.0 Å². The third kappa shape index (κ3) is 3.15. The lowest BCUT2D eigenvalue weighted by Crippen LogP contribution is -2.50. The molecule has 0 spiro atoms. The molecule has 2 rings (SSSR count). The van der Waals surface area contributed by atoms with Crippen LogP contribution in [-0.2, 0) is 9.59 Å². The summed E-state index contributed by atoms with van der Waals surface area (Å²) >= 11 is 0. The van der Waals surface area contributed by atoms with E-state index in [-0.39, 0.29) is 11.5 Å². The maximum Gasteiger partial charge on any atom is 0.323 e. The number of nitrogens with zero attached hydrogens (tertiary/aromatic N) is 3. The highest BCUT2D eigenvalue weighted by Gasteiger charge is 2.36. The number of carboxylic acids is 1. The zero-order valence-electron chi connectivity index (χ0n) is 11.2. The largest absolute Gasteiger partial charge is 0.480 e. The predicted molar refractivity (Wildman–Crippen MR) is 73.0 cm³/mol. The molecule has 9 heteroatoms. The van der Waals surface area contributed by atoms with E-state index < -0.39 is 30.6 Å². The van der Waals surface area contributed by atoms with E-state index in [4.69, 9.17) is 10.8 Å². The fourth-order valence-electron chi connectivity index (χ4n) is 1.82. The molecule has 1 amide bonds. The molecule has 0 fully saturated rings. The number of imidazole rings is 1. The molecule has 2 atom stereocenters. The Morgan fingerprint density at radius 1 is 1.62 bits per heavy atom. The number of rotatable bonds is 5. The van der Waals surface area contributed by atoms with Gasteiger partial charge in [-0.25, -0.2) is 9.98 Å². The SMILES string of the molecule is C[C@@H](O)[C@H](N)C1=N/C(=C\c2cnc[nH]2)C(=O)N1CC(=O)O. The number of nitrogens with one attached hydrogen (secondary N) is 1. The van der Waals surface area contributed by atoms with E-state index in [0.29, 0.717) is 5.69 Å². The Hall–Kier alpha value is -2.52. The third-order valence-corrected chi connectivity index (χ3v) is 2.90. The minimum Gasteiger partial charge on any atom is -0.480 e. The first kappa shape index (κ1) is 14.9. The van der Waals surface area contributed by atoms with Crippen molar-refractivity contribution in [3.8, 4) is 0 Å². The molecule has 0 saturated carbocycles. The number of aliphatic imine (C=N–C) groups is 1. The van der Waals surface area contributed by atoms with Gasteiger partial charge in [-0.2, -0.15) is 0 Å². The number of aliphatic carboxylic acids is 1. The molecule has 21 heavy (non-hydrogen) atoms. The molecule has 5 N–H and O–H groups in total. The number of carbonyl (C=O) groups excluding carboxylic acids is 1. The third-order valence-electron chi connectivity index (χ3n) is 2.90. The van der Waals surface area contributed by atoms with Crippen LogP contribution < -0.4 is 5.73 Å². The van der Waals surface area contributed by atoms with Crippen LogP contribution in [0.5, 0.6) is 0 Å². The van der Waals surface area contributed by atoms with Crippen LogP contribution >= 0.6 is 0 Å². The minimum atomic E-state index is -1.20. The van der Waals surface area contributed by atoms with Gasteiger partial charge in [0, 0.05) is 0 Å². The number of aromatic amines is 1. The van der Waals surface area contributed by atoms with Crippen LogP contribution in [0.2, 0.25) is 0 Å². The molecule has 0 aliphatic carbocycles. The zero-order valence-corrected chi connectivity index (χ0v) is 11.2. The number of aliphatic hydroxyl groups is 1. The molecule has 1 aromatic rings. The topological polar surface area (TPSA) is 145 Å². The first-order valence-corrected chi connectivity index (χ1v) is 6.16. The van der Waals surface area contributed by atoms with Crippen LogP contribution in [0.1, 0.15) is 12.6 Å². The summed E-state index contributed by atoms with van der Waals surface area (Å²) in [5.41, 5.74) is 6.35. The Bertz CT molecular complexity index is 605. The molecular formula is C12H15N5O4. The molecule has 112 valence electrons. The molecule has 1 aliphatic heterocycles. The molecule has 1 aliphatic rings. The number of aromatic nitrogens is 2. The number of carboxylic acid groups (broad SMARTS) is 1. The Morgan fingerprint density at radius 2 is 2.33 bits per heavy atom. The Kier molecular flexibility index (Phi) is 4.15. The van der Waals surface area contributed by atoms with E-state index in [1.54, 1.807) is 0 Å². The first-order valence-electron chi connectivity index (χ1n) is 6.16. The molecule has 1 aromatic heterocycles. The number of hydrogen-bond acceptors (Lipinski definition) is 6. The maximum absolute atomic E-state index is 12.2. The lowest BCUT2D eigenvalue weighted by atomic mass is 10.1. The van der Waals surface area contributed by atoms with Gasteiger partial charge in [-0.1, -0.05) is 0 Å². The van der Waals surface area contributed by atoms with Gasteiger partial charge < -0.3 is 20.9 Å². The van der Waals surface area contributed by atoms with Gasteiger partial charge in [0.25, 0.3) is 5.91 Å². The van der Waals surface area contributed by atoms with Gasteiger partial charge in [0.05, 0.1) is 30.4 Å². The van der Waals surface area contributed by atoms with Gasteiger partial charge in [-0.15, -0.1) is 0 Å². The van der Waals surface area contributed by atoms with E-state index >= 15 is 0 Å². The fraction of sp³-hybridized carbons (Fsp3) is 0.333. The molecular weight excluding hydrogens is 278 g/mol. The molecule has 0 aromatic carbocycles. The normalized spacial score (nSPS) is 19.8. The van der Waals surface area contributed by atoms with Crippen LogP contribution in [0.15, 0.2) is 23.2 Å². The van der Waals surface area contributed by atoms with E-state index in [1.807, 2.05) is 0 Å². The van der Waals surface area contributed by atoms with Crippen molar-refractivity contribution in [2.24, 2.45) is 10.7 Å². The molecule has 0 bridgehead atoms. The first-order chi connectivity index (χ1) is 9.90. The molecule has 0 unspecified atom stereocenters. The average Bonchev–Trinajstić information content (AvgIpc) is 3.01. The summed E-state index contributed by atoms with van der Waals surface area (Å²) in [6.07, 6.45) is 3.39. The Morgan fingerprint density at radius 3 is 2.86 bits per heavy atom. The summed E-state index contributed by atoms with van der Waals surface area (Å²) in [4.78, 5) is 34.7. The Labute approximate surface area is 119 Å². The van der Waals surface area contributed by atoms with Crippen LogP contribution in [0.25, 0.3) is 6.08 Å². The number of aliphatic hydroxyl groups excluding tert-OH is 1. The van der Waals surface area contributed by atoms with Crippen LogP contribution in [0.3, 0.4) is 0 Å². The van der Waals surface area contributed by atoms with Crippen molar-refractivity contribution in [1.29, 1.82) is 0 Å². The van der Waals surface area contributed by atoms with Crippen molar-refractivity contribution in [3.05, 3.63) is 23.9 Å². The second-order valence-electron chi connectivity index (χ2n) is 4.56. The summed E-state index contributed by atoms with van der Waals surface area (Å²) in [6.45, 7) is 0.867. The lowest BCUT2D eigenvalue weighted by molar-refractivity contribution is -0.140. The van der Waals surface area contributed by atoms with E-state index in [1.165, 1.54) is 25.5 Å². The van der Waals surface area contributed by atoms with Gasteiger partial charge in [0.2, 0.25) is 0 Å². The number of amidine groups is 1. The second-order valence-corrected chi connectivity index (χ2v) is 4.56. The van der Waals surface area contributed by atoms with Gasteiger partial charge in [-0.05, 0) is 13.0 Å². The van der Waals surface area contributed by atoms with E-state index in [9.17, 15) is 14.7 Å². The molecule has 0 saturated heterocycles. The number of carbonyl (C=O) groups is 2. The fourth-order valence-corrected chi connectivity index (χ4v) is 1.82. The van der Waals surface area contributed by atoms with Crippen molar-refractivity contribution in [2.45, 2.75) is 19.1 Å². The minimum absolute atomic E-state index is 0.0307. The van der Waals surface area contributed by atoms with Gasteiger partial charge in [0.15, 0.2) is 0 Å². The molecule has 2 heterocycles. The highest BCUT2D eigenvalue weighted by molar-refractivity contribution is 6.16. The quantitative estimate of drug-likeness (QED) is 0.501. The summed E-state index contributed by atoms with van der Waals surface area (Å²) in [5, 5.41) is 18.4. The van der Waals surface area contributed by atoms with Crippen LogP contribution in [-0.4, -0.2) is 61.5 Å². The van der Waals surface area contributed by atoms with Crippen molar-refractivity contribution in [2.75, 3.05) is 6.54 Å². The van der Waals surface area contributed by atoms with Crippen molar-refractivity contribution < 1.29 is 19.8 Å². The number of nitrogens with two attached hydrogens (primary N) is 1. The molecule has 9 nitrogen and oxygen atoms in total. The lowest BCUT2D eigenvalue weighted by Gasteiger charge is -2.22. The highest BCUT2D eigenvalue weighted by atomic mass is 16.4. The average molecular weight is 293 g/mol. The van der Waals surface area contributed by atoms with Crippen LogP contribution in [0, 0.1) is 0 Å². The second kappa shape index (κ2) is 5.85. The summed E-state index contributed by atoms with van der Waals surface area (Å²) in [5.74, 6) is -1.75. The van der Waals surface area contributed by atoms with Crippen molar-refractivity contribution in [1.82, 2.24) is 14.9 Å². The van der Waals surface area contributed by atoms with Crippen LogP contribution in [0.4, 0.5) is 0 Å². The van der Waals surface area contributed by atoms with Crippen molar-refractivity contribution in [3.63, 3.8) is 0 Å². The monoisotopic (exact) mass is 293 g/mol. The zero-order chi connectivity index (χ0) is 15.6. The van der Waals surface area contributed by atoms with Crippen molar-refractivity contribution >= 4 is 23.8 Å². The van der Waals surface area contributed by atoms with E-state index in [0.717, 1.165) is 4.90 Å². The summed E-state index contributed by atoms with van der Waals surface area (Å²) in [7, 11) is 0. The molecule has 0 radical (unpaired) electrons. The summed E-state index contributed by atoms with van der Waals surface area (Å²) < 4.78 is 0. The van der Waals surface area contributed by atoms with Gasteiger partial charge in [-0.3, -0.25) is 14.5 Å².